The van der Waals surface area contributed by atoms with Gasteiger partial charge in [0.1, 0.15) is 11.6 Å². The lowest BCUT2D eigenvalue weighted by molar-refractivity contribution is -0.142. The SMILES string of the molecule is Cc1ccc(-c2nnc3n2CC(C(=O)O)CC3)c(F)c1. The highest BCUT2D eigenvalue weighted by Crippen LogP contribution is 2.27. The number of halogens is 1. The number of benzene rings is 1. The molecule has 0 amide bonds. The van der Waals surface area contributed by atoms with Gasteiger partial charge < -0.3 is 9.67 Å². The summed E-state index contributed by atoms with van der Waals surface area (Å²) in [5.41, 5.74) is 1.19. The van der Waals surface area contributed by atoms with Crippen LogP contribution in [0.25, 0.3) is 11.4 Å². The van der Waals surface area contributed by atoms with E-state index in [-0.39, 0.29) is 5.82 Å². The van der Waals surface area contributed by atoms with Crippen molar-refractivity contribution in [2.75, 3.05) is 0 Å². The average molecular weight is 275 g/mol. The lowest BCUT2D eigenvalue weighted by Crippen LogP contribution is -2.27. The van der Waals surface area contributed by atoms with Crippen LogP contribution in [-0.2, 0) is 17.8 Å². The summed E-state index contributed by atoms with van der Waals surface area (Å²) in [4.78, 5) is 11.1. The number of hydrogen-bond acceptors (Lipinski definition) is 3. The van der Waals surface area contributed by atoms with Crippen molar-refractivity contribution in [1.29, 1.82) is 0 Å². The monoisotopic (exact) mass is 275 g/mol. The number of carboxylic acid groups (broad SMARTS) is 1. The van der Waals surface area contributed by atoms with Gasteiger partial charge in [-0.3, -0.25) is 4.79 Å². The molecule has 0 saturated heterocycles. The van der Waals surface area contributed by atoms with E-state index in [1.165, 1.54) is 6.07 Å². The summed E-state index contributed by atoms with van der Waals surface area (Å²) in [5.74, 6) is -0.538. The zero-order valence-corrected chi connectivity index (χ0v) is 11.0. The second-order valence-electron chi connectivity index (χ2n) is 5.11. The first kappa shape index (κ1) is 12.8. The molecule has 0 bridgehead atoms. The maximum Gasteiger partial charge on any atom is 0.308 e. The van der Waals surface area contributed by atoms with Crippen molar-refractivity contribution >= 4 is 5.97 Å². The highest BCUT2D eigenvalue weighted by atomic mass is 19.1. The Hall–Kier alpha value is -2.24. The normalized spacial score (nSPS) is 17.8. The molecule has 3 rings (SSSR count). The third kappa shape index (κ3) is 2.07. The van der Waals surface area contributed by atoms with Crippen LogP contribution in [0, 0.1) is 18.7 Å². The Morgan fingerprint density at radius 2 is 2.25 bits per heavy atom. The zero-order valence-electron chi connectivity index (χ0n) is 11.0. The summed E-state index contributed by atoms with van der Waals surface area (Å²) in [5, 5.41) is 17.2. The van der Waals surface area contributed by atoms with E-state index in [0.29, 0.717) is 30.8 Å². The maximum atomic E-state index is 14.0. The van der Waals surface area contributed by atoms with Gasteiger partial charge in [0.15, 0.2) is 5.82 Å². The van der Waals surface area contributed by atoms with E-state index in [0.717, 1.165) is 11.4 Å². The molecule has 1 aliphatic heterocycles. The Labute approximate surface area is 115 Å². The molecule has 0 saturated carbocycles. The Kier molecular flexibility index (Phi) is 3.00. The van der Waals surface area contributed by atoms with Gasteiger partial charge in [-0.15, -0.1) is 10.2 Å². The molecule has 5 nitrogen and oxygen atoms in total. The summed E-state index contributed by atoms with van der Waals surface area (Å²) < 4.78 is 15.8. The smallest absolute Gasteiger partial charge is 0.308 e. The second kappa shape index (κ2) is 4.70. The van der Waals surface area contributed by atoms with Gasteiger partial charge in [-0.1, -0.05) is 6.07 Å². The van der Waals surface area contributed by atoms with Crippen molar-refractivity contribution < 1.29 is 14.3 Å². The third-order valence-corrected chi connectivity index (χ3v) is 3.66. The fraction of sp³-hybridized carbons (Fsp3) is 0.357. The van der Waals surface area contributed by atoms with Crippen LogP contribution in [0.3, 0.4) is 0 Å². The van der Waals surface area contributed by atoms with Gasteiger partial charge in [-0.05, 0) is 31.0 Å². The molecule has 1 unspecified atom stereocenters. The Morgan fingerprint density at radius 3 is 2.95 bits per heavy atom. The van der Waals surface area contributed by atoms with E-state index in [4.69, 9.17) is 5.11 Å². The molecular formula is C14H14FN3O2. The van der Waals surface area contributed by atoms with Crippen LogP contribution in [0.5, 0.6) is 0 Å². The van der Waals surface area contributed by atoms with Gasteiger partial charge in [0.2, 0.25) is 0 Å². The third-order valence-electron chi connectivity index (χ3n) is 3.66. The fourth-order valence-electron chi connectivity index (χ4n) is 2.53. The van der Waals surface area contributed by atoms with Crippen LogP contribution < -0.4 is 0 Å². The molecule has 2 heterocycles. The summed E-state index contributed by atoms with van der Waals surface area (Å²) in [6.07, 6.45) is 1.10. The highest BCUT2D eigenvalue weighted by molar-refractivity contribution is 5.70. The minimum absolute atomic E-state index is 0.292. The quantitative estimate of drug-likeness (QED) is 0.910. The molecule has 1 aliphatic rings. The molecule has 0 spiro atoms. The van der Waals surface area contributed by atoms with Gasteiger partial charge in [0.25, 0.3) is 0 Å². The van der Waals surface area contributed by atoms with Crippen LogP contribution in [0.1, 0.15) is 17.8 Å². The molecule has 1 aromatic carbocycles. The molecule has 20 heavy (non-hydrogen) atoms. The number of rotatable bonds is 2. The van der Waals surface area contributed by atoms with Crippen LogP contribution in [0.15, 0.2) is 18.2 Å². The first-order valence-electron chi connectivity index (χ1n) is 6.47. The van der Waals surface area contributed by atoms with Gasteiger partial charge in [0.05, 0.1) is 11.5 Å². The Morgan fingerprint density at radius 1 is 1.45 bits per heavy atom. The standard InChI is InChI=1S/C14H14FN3O2/c1-8-2-4-10(11(15)6-8)13-17-16-12-5-3-9(14(19)20)7-18(12)13/h2,4,6,9H,3,5,7H2,1H3,(H,19,20). The van der Waals surface area contributed by atoms with Gasteiger partial charge in [0, 0.05) is 13.0 Å². The first-order valence-corrected chi connectivity index (χ1v) is 6.47. The number of aryl methyl sites for hydroxylation is 2. The van der Waals surface area contributed by atoms with E-state index < -0.39 is 11.9 Å². The fourth-order valence-corrected chi connectivity index (χ4v) is 2.53. The van der Waals surface area contributed by atoms with Crippen LogP contribution in [0.4, 0.5) is 4.39 Å². The number of fused-ring (bicyclic) bond motifs is 1. The number of aromatic nitrogens is 3. The van der Waals surface area contributed by atoms with Crippen molar-refractivity contribution in [3.8, 4) is 11.4 Å². The first-order chi connectivity index (χ1) is 9.56. The minimum atomic E-state index is -0.834. The Bertz CT molecular complexity index is 681. The van der Waals surface area contributed by atoms with E-state index in [9.17, 15) is 9.18 Å². The van der Waals surface area contributed by atoms with E-state index in [1.807, 2.05) is 6.92 Å². The van der Waals surface area contributed by atoms with Crippen molar-refractivity contribution in [2.45, 2.75) is 26.3 Å². The molecule has 6 heteroatoms. The summed E-state index contributed by atoms with van der Waals surface area (Å²) in [6, 6.07) is 4.90. The molecule has 1 aromatic heterocycles. The predicted molar refractivity (Wildman–Crippen MR) is 69.6 cm³/mol. The maximum absolute atomic E-state index is 14.0. The molecule has 2 aromatic rings. The van der Waals surface area contributed by atoms with Gasteiger partial charge >= 0.3 is 5.97 Å². The van der Waals surface area contributed by atoms with Crippen molar-refractivity contribution in [2.24, 2.45) is 5.92 Å². The molecule has 0 radical (unpaired) electrons. The molecule has 0 aliphatic carbocycles. The van der Waals surface area contributed by atoms with Crippen molar-refractivity contribution in [3.63, 3.8) is 0 Å². The van der Waals surface area contributed by atoms with Crippen LogP contribution in [0.2, 0.25) is 0 Å². The summed E-state index contributed by atoms with van der Waals surface area (Å²) in [6.45, 7) is 2.10. The number of carboxylic acids is 1. The topological polar surface area (TPSA) is 68.0 Å². The largest absolute Gasteiger partial charge is 0.481 e. The number of aliphatic carboxylic acids is 1. The number of carbonyl (C=O) groups is 1. The van der Waals surface area contributed by atoms with Crippen molar-refractivity contribution in [3.05, 3.63) is 35.4 Å². The number of nitrogens with zero attached hydrogens (tertiary/aromatic N) is 3. The zero-order chi connectivity index (χ0) is 14.3. The predicted octanol–water partition coefficient (Wildman–Crippen LogP) is 2.04. The van der Waals surface area contributed by atoms with Gasteiger partial charge in [-0.25, -0.2) is 4.39 Å². The highest BCUT2D eigenvalue weighted by Gasteiger charge is 2.28. The minimum Gasteiger partial charge on any atom is -0.481 e. The average Bonchev–Trinajstić information content (AvgIpc) is 2.81. The molecule has 1 N–H and O–H groups in total. The summed E-state index contributed by atoms with van der Waals surface area (Å²) in [7, 11) is 0. The lowest BCUT2D eigenvalue weighted by Gasteiger charge is -2.21. The van der Waals surface area contributed by atoms with Crippen LogP contribution >= 0.6 is 0 Å². The van der Waals surface area contributed by atoms with E-state index >= 15 is 0 Å². The van der Waals surface area contributed by atoms with E-state index in [2.05, 4.69) is 10.2 Å². The molecule has 0 fully saturated rings. The molecule has 1 atom stereocenters. The van der Waals surface area contributed by atoms with Crippen LogP contribution in [-0.4, -0.2) is 25.8 Å². The Balaban J connectivity index is 2.04. The van der Waals surface area contributed by atoms with Gasteiger partial charge in [-0.2, -0.15) is 0 Å². The summed E-state index contributed by atoms with van der Waals surface area (Å²) >= 11 is 0. The lowest BCUT2D eigenvalue weighted by atomic mass is 9.99. The second-order valence-corrected chi connectivity index (χ2v) is 5.11. The molecular weight excluding hydrogens is 261 g/mol. The molecule has 104 valence electrons. The van der Waals surface area contributed by atoms with Crippen molar-refractivity contribution in [1.82, 2.24) is 14.8 Å². The van der Waals surface area contributed by atoms with E-state index in [1.54, 1.807) is 16.7 Å². The number of hydrogen-bond donors (Lipinski definition) is 1.